The molecule has 1 aliphatic heterocycles. The summed E-state index contributed by atoms with van der Waals surface area (Å²) in [4.78, 5) is 0. The van der Waals surface area contributed by atoms with Gasteiger partial charge >= 0.3 is 0 Å². The van der Waals surface area contributed by atoms with E-state index in [0.29, 0.717) is 11.3 Å². The molecule has 1 aromatic carbocycles. The van der Waals surface area contributed by atoms with Crippen molar-refractivity contribution < 1.29 is 19.5 Å². The van der Waals surface area contributed by atoms with E-state index in [1.165, 1.54) is 18.5 Å². The van der Waals surface area contributed by atoms with Crippen molar-refractivity contribution in [3.8, 4) is 0 Å². The molecule has 0 bridgehead atoms. The molecule has 0 spiro atoms. The van der Waals surface area contributed by atoms with Gasteiger partial charge in [0, 0.05) is 26.0 Å². The zero-order chi connectivity index (χ0) is 15.6. The average Bonchev–Trinajstić information content (AvgIpc) is 2.51. The first kappa shape index (κ1) is 26.7. The van der Waals surface area contributed by atoms with Gasteiger partial charge in [-0.25, -0.2) is 0 Å². The monoisotopic (exact) mass is 395 g/mol. The predicted octanol–water partition coefficient (Wildman–Crippen LogP) is 5.93. The van der Waals surface area contributed by atoms with Gasteiger partial charge < -0.3 is 12.7 Å². The van der Waals surface area contributed by atoms with Crippen LogP contribution in [0.2, 0.25) is 0 Å². The summed E-state index contributed by atoms with van der Waals surface area (Å²) >= 11 is 0. The number of benzene rings is 1. The summed E-state index contributed by atoms with van der Waals surface area (Å²) in [5.41, 5.74) is 1.90. The molecule has 1 saturated heterocycles. The number of rotatable bonds is 1. The molecule has 2 heteroatoms. The zero-order valence-corrected chi connectivity index (χ0v) is 17.6. The maximum atomic E-state index is 3.54. The van der Waals surface area contributed by atoms with Crippen LogP contribution in [0.15, 0.2) is 30.3 Å². The third-order valence-electron chi connectivity index (χ3n) is 3.82. The first-order valence-electron chi connectivity index (χ1n) is 8.34. The van der Waals surface area contributed by atoms with E-state index in [1.54, 1.807) is 0 Å². The van der Waals surface area contributed by atoms with Crippen molar-refractivity contribution in [3.63, 3.8) is 0 Å². The minimum atomic E-state index is 0. The van der Waals surface area contributed by atoms with Crippen molar-refractivity contribution in [3.05, 3.63) is 43.3 Å². The molecule has 22 heavy (non-hydrogen) atoms. The Morgan fingerprint density at radius 3 is 1.91 bits per heavy atom. The molecule has 0 aliphatic carbocycles. The largest absolute Gasteiger partial charge is 0.358 e. The van der Waals surface area contributed by atoms with Gasteiger partial charge in [0.1, 0.15) is 0 Å². The number of hydrogen-bond donors (Lipinski definition) is 1. The third kappa shape index (κ3) is 8.44. The Bertz CT molecular complexity index is 329. The van der Waals surface area contributed by atoms with Crippen molar-refractivity contribution in [2.45, 2.75) is 60.8 Å². The third-order valence-corrected chi connectivity index (χ3v) is 3.82. The SMILES string of the molecule is CC.CC.CC(C)(C)C1CCNCC1c1ccccc1.[CH3-].[Rh]. The van der Waals surface area contributed by atoms with Crippen LogP contribution in [0.5, 0.6) is 0 Å². The van der Waals surface area contributed by atoms with Crippen LogP contribution in [0.25, 0.3) is 0 Å². The molecule has 0 amide bonds. The number of nitrogens with one attached hydrogen (secondary N) is 1. The quantitative estimate of drug-likeness (QED) is 0.459. The van der Waals surface area contributed by atoms with E-state index in [2.05, 4.69) is 56.4 Å². The maximum absolute atomic E-state index is 3.54. The number of piperidine rings is 1. The fourth-order valence-corrected chi connectivity index (χ4v) is 2.95. The fourth-order valence-electron chi connectivity index (χ4n) is 2.95. The van der Waals surface area contributed by atoms with E-state index < -0.39 is 0 Å². The Morgan fingerprint density at radius 1 is 0.955 bits per heavy atom. The van der Waals surface area contributed by atoms with Crippen molar-refractivity contribution in [2.24, 2.45) is 11.3 Å². The molecule has 1 aliphatic rings. The summed E-state index contributed by atoms with van der Waals surface area (Å²) in [6.45, 7) is 17.4. The van der Waals surface area contributed by atoms with Crippen LogP contribution >= 0.6 is 0 Å². The molecule has 1 aromatic rings. The van der Waals surface area contributed by atoms with Gasteiger partial charge in [-0.3, -0.25) is 0 Å². The molecule has 1 radical (unpaired) electrons. The zero-order valence-electron chi connectivity index (χ0n) is 16.0. The van der Waals surface area contributed by atoms with E-state index >= 15 is 0 Å². The molecule has 1 fully saturated rings. The first-order chi connectivity index (χ1) is 9.59. The van der Waals surface area contributed by atoms with Crippen molar-refractivity contribution in [1.82, 2.24) is 5.32 Å². The van der Waals surface area contributed by atoms with E-state index in [0.717, 1.165) is 12.5 Å². The summed E-state index contributed by atoms with van der Waals surface area (Å²) in [6.07, 6.45) is 1.29. The molecule has 2 atom stereocenters. The van der Waals surface area contributed by atoms with Crippen LogP contribution in [0, 0.1) is 18.8 Å². The normalized spacial score (nSPS) is 20.0. The van der Waals surface area contributed by atoms with Crippen LogP contribution in [-0.4, -0.2) is 13.1 Å². The van der Waals surface area contributed by atoms with Crippen molar-refractivity contribution >= 4 is 0 Å². The van der Waals surface area contributed by atoms with E-state index in [-0.39, 0.29) is 26.9 Å². The molecule has 2 rings (SSSR count). The second kappa shape index (κ2) is 14.4. The van der Waals surface area contributed by atoms with Crippen LogP contribution in [0.3, 0.4) is 0 Å². The molecule has 1 nitrogen and oxygen atoms in total. The minimum Gasteiger partial charge on any atom is -0.358 e. The summed E-state index contributed by atoms with van der Waals surface area (Å²) < 4.78 is 0. The maximum Gasteiger partial charge on any atom is 0.00230 e. The minimum absolute atomic E-state index is 0. The Morgan fingerprint density at radius 2 is 1.45 bits per heavy atom. The van der Waals surface area contributed by atoms with Crippen molar-refractivity contribution in [1.29, 1.82) is 0 Å². The summed E-state index contributed by atoms with van der Waals surface area (Å²) in [5, 5.41) is 3.54. The predicted molar refractivity (Wildman–Crippen MR) is 98.7 cm³/mol. The van der Waals surface area contributed by atoms with Crippen LogP contribution in [0.4, 0.5) is 0 Å². The first-order valence-corrected chi connectivity index (χ1v) is 8.34. The molecule has 0 aromatic heterocycles. The molecule has 1 N–H and O–H groups in total. The van der Waals surface area contributed by atoms with Crippen molar-refractivity contribution in [2.75, 3.05) is 13.1 Å². The molecule has 0 saturated carbocycles. The second-order valence-corrected chi connectivity index (χ2v) is 5.98. The number of hydrogen-bond acceptors (Lipinski definition) is 1. The summed E-state index contributed by atoms with van der Waals surface area (Å²) in [5.74, 6) is 1.46. The van der Waals surface area contributed by atoms with E-state index in [4.69, 9.17) is 0 Å². The van der Waals surface area contributed by atoms with Gasteiger partial charge in [-0.15, -0.1) is 0 Å². The molecule has 1 heterocycles. The van der Waals surface area contributed by atoms with Crippen LogP contribution < -0.4 is 5.32 Å². The Kier molecular flexibility index (Phi) is 17.5. The molecular weight excluding hydrogens is 357 g/mol. The van der Waals surface area contributed by atoms with Gasteiger partial charge in [-0.05, 0) is 35.8 Å². The van der Waals surface area contributed by atoms with Crippen LogP contribution in [-0.2, 0) is 19.5 Å². The standard InChI is InChI=1S/C15H23N.2C2H6.CH3.Rh/c1-15(2,3)14-9-10-16-11-13(14)12-7-5-4-6-8-12;2*1-2;;/h4-8,13-14,16H,9-11H2,1-3H3;2*1-2H3;1H3;/q;;;-1;. The molecular formula is C20H38NRh-. The van der Waals surface area contributed by atoms with Gasteiger partial charge in [0.15, 0.2) is 0 Å². The van der Waals surface area contributed by atoms with Gasteiger partial charge in [0.25, 0.3) is 0 Å². The second-order valence-electron chi connectivity index (χ2n) is 5.98. The molecule has 2 unspecified atom stereocenters. The fraction of sp³-hybridized carbons (Fsp3) is 0.650. The van der Waals surface area contributed by atoms with Gasteiger partial charge in [0.05, 0.1) is 0 Å². The van der Waals surface area contributed by atoms with Gasteiger partial charge in [-0.1, -0.05) is 78.8 Å². The molecule has 133 valence electrons. The topological polar surface area (TPSA) is 12.0 Å². The van der Waals surface area contributed by atoms with E-state index in [1.807, 2.05) is 27.7 Å². The Hall–Kier alpha value is -0.197. The van der Waals surface area contributed by atoms with Gasteiger partial charge in [0.2, 0.25) is 0 Å². The summed E-state index contributed by atoms with van der Waals surface area (Å²) in [6, 6.07) is 11.0. The van der Waals surface area contributed by atoms with Gasteiger partial charge in [-0.2, -0.15) is 0 Å². The summed E-state index contributed by atoms with van der Waals surface area (Å²) in [7, 11) is 0. The van der Waals surface area contributed by atoms with E-state index in [9.17, 15) is 0 Å². The Labute approximate surface area is 153 Å². The smallest absolute Gasteiger partial charge is 0.00230 e. The Balaban J connectivity index is -0.000000557. The average molecular weight is 395 g/mol. The van der Waals surface area contributed by atoms with Crippen LogP contribution in [0.1, 0.15) is 66.4 Å².